The summed E-state index contributed by atoms with van der Waals surface area (Å²) >= 11 is 0. The maximum absolute atomic E-state index is 11.2. The first-order valence-corrected chi connectivity index (χ1v) is 7.66. The number of hydrogen-bond donors (Lipinski definition) is 1. The van der Waals surface area contributed by atoms with Gasteiger partial charge in [0.1, 0.15) is 5.75 Å². The van der Waals surface area contributed by atoms with Crippen LogP contribution in [0.4, 0.5) is 0 Å². The Morgan fingerprint density at radius 2 is 1.91 bits per heavy atom. The normalized spacial score (nSPS) is 10.8. The third-order valence-corrected chi connectivity index (χ3v) is 3.62. The summed E-state index contributed by atoms with van der Waals surface area (Å²) in [6.45, 7) is 9.97. The Labute approximate surface area is 133 Å². The standard InChI is InChI=1S/C17H28N2O3/c1-6-19(4)8-7-18-11-15-9-13(2)17(14(3)10-15)22-12-16(20)21-5/h9-10,18H,6-8,11-12H2,1-5H3. The fourth-order valence-corrected chi connectivity index (χ4v) is 2.22. The van der Waals surface area contributed by atoms with Crippen molar-refractivity contribution in [3.8, 4) is 5.75 Å². The summed E-state index contributed by atoms with van der Waals surface area (Å²) in [7, 11) is 3.47. The quantitative estimate of drug-likeness (QED) is 0.558. The Balaban J connectivity index is 2.55. The van der Waals surface area contributed by atoms with Crippen LogP contribution in [0.5, 0.6) is 5.75 Å². The molecule has 0 aromatic heterocycles. The van der Waals surface area contributed by atoms with Crippen LogP contribution in [-0.4, -0.2) is 51.3 Å². The average molecular weight is 308 g/mol. The summed E-state index contributed by atoms with van der Waals surface area (Å²) in [4.78, 5) is 13.4. The molecule has 5 heteroatoms. The summed E-state index contributed by atoms with van der Waals surface area (Å²) in [5, 5.41) is 3.44. The van der Waals surface area contributed by atoms with Crippen molar-refractivity contribution in [1.82, 2.24) is 10.2 Å². The molecule has 124 valence electrons. The van der Waals surface area contributed by atoms with E-state index in [0.717, 1.165) is 43.1 Å². The second-order valence-electron chi connectivity index (χ2n) is 5.50. The van der Waals surface area contributed by atoms with Crippen molar-refractivity contribution in [3.05, 3.63) is 28.8 Å². The van der Waals surface area contributed by atoms with E-state index in [2.05, 4.69) is 41.1 Å². The number of methoxy groups -OCH3 is 1. The highest BCUT2D eigenvalue weighted by molar-refractivity contribution is 5.71. The summed E-state index contributed by atoms with van der Waals surface area (Å²) in [6, 6.07) is 4.19. The molecular weight excluding hydrogens is 280 g/mol. The van der Waals surface area contributed by atoms with E-state index in [4.69, 9.17) is 4.74 Å². The number of ether oxygens (including phenoxy) is 2. The number of rotatable bonds is 9. The van der Waals surface area contributed by atoms with Crippen molar-refractivity contribution < 1.29 is 14.3 Å². The molecule has 0 saturated carbocycles. The largest absolute Gasteiger partial charge is 0.481 e. The van der Waals surface area contributed by atoms with Gasteiger partial charge in [-0.25, -0.2) is 4.79 Å². The van der Waals surface area contributed by atoms with Crippen molar-refractivity contribution in [2.24, 2.45) is 0 Å². The molecule has 0 radical (unpaired) electrons. The Hall–Kier alpha value is -1.59. The third-order valence-electron chi connectivity index (χ3n) is 3.62. The number of nitrogens with zero attached hydrogens (tertiary/aromatic N) is 1. The van der Waals surface area contributed by atoms with E-state index >= 15 is 0 Å². The molecular formula is C17H28N2O3. The van der Waals surface area contributed by atoms with Gasteiger partial charge in [-0.15, -0.1) is 0 Å². The molecule has 0 unspecified atom stereocenters. The minimum Gasteiger partial charge on any atom is -0.481 e. The third kappa shape index (κ3) is 6.03. The molecule has 0 atom stereocenters. The smallest absolute Gasteiger partial charge is 0.343 e. The van der Waals surface area contributed by atoms with Gasteiger partial charge in [-0.05, 0) is 44.1 Å². The number of carbonyl (C=O) groups is 1. The Kier molecular flexibility index (Phi) is 7.91. The van der Waals surface area contributed by atoms with Gasteiger partial charge in [0.2, 0.25) is 0 Å². The van der Waals surface area contributed by atoms with Gasteiger partial charge in [0.05, 0.1) is 7.11 Å². The Morgan fingerprint density at radius 3 is 2.45 bits per heavy atom. The van der Waals surface area contributed by atoms with Gasteiger partial charge in [-0.3, -0.25) is 0 Å². The first-order chi connectivity index (χ1) is 10.5. The zero-order valence-corrected chi connectivity index (χ0v) is 14.4. The second-order valence-corrected chi connectivity index (χ2v) is 5.50. The molecule has 1 N–H and O–H groups in total. The van der Waals surface area contributed by atoms with Crippen molar-refractivity contribution in [3.63, 3.8) is 0 Å². The van der Waals surface area contributed by atoms with Gasteiger partial charge in [-0.2, -0.15) is 0 Å². The summed E-state index contributed by atoms with van der Waals surface area (Å²) < 4.78 is 10.1. The number of hydrogen-bond acceptors (Lipinski definition) is 5. The summed E-state index contributed by atoms with van der Waals surface area (Å²) in [5.41, 5.74) is 3.29. The van der Waals surface area contributed by atoms with Crippen LogP contribution >= 0.6 is 0 Å². The molecule has 22 heavy (non-hydrogen) atoms. The van der Waals surface area contributed by atoms with Crippen LogP contribution in [0.2, 0.25) is 0 Å². The maximum Gasteiger partial charge on any atom is 0.343 e. The minimum atomic E-state index is -0.371. The molecule has 0 amide bonds. The fraction of sp³-hybridized carbons (Fsp3) is 0.588. The minimum absolute atomic E-state index is 0.0564. The lowest BCUT2D eigenvalue weighted by molar-refractivity contribution is -0.142. The van der Waals surface area contributed by atoms with Crippen LogP contribution in [0.1, 0.15) is 23.6 Å². The number of carbonyl (C=O) groups excluding carboxylic acids is 1. The van der Waals surface area contributed by atoms with E-state index in [9.17, 15) is 4.79 Å². The van der Waals surface area contributed by atoms with Crippen LogP contribution in [0.15, 0.2) is 12.1 Å². The molecule has 0 heterocycles. The van der Waals surface area contributed by atoms with Crippen LogP contribution in [0.3, 0.4) is 0 Å². The first-order valence-electron chi connectivity index (χ1n) is 7.66. The van der Waals surface area contributed by atoms with Crippen LogP contribution < -0.4 is 10.1 Å². The number of benzene rings is 1. The zero-order chi connectivity index (χ0) is 16.5. The topological polar surface area (TPSA) is 50.8 Å². The lowest BCUT2D eigenvalue weighted by atomic mass is 10.1. The number of likely N-dealkylation sites (N-methyl/N-ethyl adjacent to an activating group) is 1. The van der Waals surface area contributed by atoms with E-state index < -0.39 is 0 Å². The molecule has 0 spiro atoms. The summed E-state index contributed by atoms with van der Waals surface area (Å²) in [6.07, 6.45) is 0. The summed E-state index contributed by atoms with van der Waals surface area (Å²) in [5.74, 6) is 0.393. The lowest BCUT2D eigenvalue weighted by Crippen LogP contribution is -2.28. The van der Waals surface area contributed by atoms with Crippen LogP contribution in [-0.2, 0) is 16.1 Å². The molecule has 0 saturated heterocycles. The van der Waals surface area contributed by atoms with Gasteiger partial charge in [0.25, 0.3) is 0 Å². The first kappa shape index (κ1) is 18.5. The lowest BCUT2D eigenvalue weighted by Gasteiger charge is -2.16. The van der Waals surface area contributed by atoms with E-state index in [-0.39, 0.29) is 12.6 Å². The molecule has 1 aromatic carbocycles. The monoisotopic (exact) mass is 308 g/mol. The fourth-order valence-electron chi connectivity index (χ4n) is 2.22. The van der Waals surface area contributed by atoms with E-state index in [1.807, 2.05) is 13.8 Å². The van der Waals surface area contributed by atoms with Gasteiger partial charge in [0.15, 0.2) is 6.61 Å². The number of esters is 1. The highest BCUT2D eigenvalue weighted by Gasteiger charge is 2.09. The van der Waals surface area contributed by atoms with Gasteiger partial charge >= 0.3 is 5.97 Å². The van der Waals surface area contributed by atoms with Gasteiger partial charge < -0.3 is 19.7 Å². The second kappa shape index (κ2) is 9.43. The Bertz CT molecular complexity index is 466. The highest BCUT2D eigenvalue weighted by Crippen LogP contribution is 2.24. The maximum atomic E-state index is 11.2. The molecule has 0 aliphatic heterocycles. The average Bonchev–Trinajstić information content (AvgIpc) is 2.50. The van der Waals surface area contributed by atoms with E-state index in [1.54, 1.807) is 0 Å². The number of nitrogens with one attached hydrogen (secondary N) is 1. The van der Waals surface area contributed by atoms with Crippen molar-refractivity contribution in [2.45, 2.75) is 27.3 Å². The van der Waals surface area contributed by atoms with Crippen molar-refractivity contribution in [2.75, 3.05) is 40.4 Å². The Morgan fingerprint density at radius 1 is 1.27 bits per heavy atom. The SMILES string of the molecule is CCN(C)CCNCc1cc(C)c(OCC(=O)OC)c(C)c1. The highest BCUT2D eigenvalue weighted by atomic mass is 16.6. The molecule has 0 bridgehead atoms. The molecule has 0 aliphatic carbocycles. The molecule has 0 aliphatic rings. The molecule has 1 aromatic rings. The predicted octanol–water partition coefficient (Wildman–Crippen LogP) is 1.90. The van der Waals surface area contributed by atoms with Gasteiger partial charge in [0, 0.05) is 19.6 Å². The number of aryl methyl sites for hydroxylation is 2. The van der Waals surface area contributed by atoms with Crippen molar-refractivity contribution >= 4 is 5.97 Å². The van der Waals surface area contributed by atoms with Crippen molar-refractivity contribution in [1.29, 1.82) is 0 Å². The molecule has 0 fully saturated rings. The van der Waals surface area contributed by atoms with Crippen LogP contribution in [0, 0.1) is 13.8 Å². The van der Waals surface area contributed by atoms with E-state index in [0.29, 0.717) is 0 Å². The predicted molar refractivity (Wildman–Crippen MR) is 88.3 cm³/mol. The molecule has 1 rings (SSSR count). The van der Waals surface area contributed by atoms with Crippen LogP contribution in [0.25, 0.3) is 0 Å². The molecule has 5 nitrogen and oxygen atoms in total. The van der Waals surface area contributed by atoms with E-state index in [1.165, 1.54) is 12.7 Å². The van der Waals surface area contributed by atoms with Gasteiger partial charge in [-0.1, -0.05) is 19.1 Å². The zero-order valence-electron chi connectivity index (χ0n) is 14.4.